The summed E-state index contributed by atoms with van der Waals surface area (Å²) >= 11 is 0. The van der Waals surface area contributed by atoms with Crippen LogP contribution >= 0.6 is 0 Å². The van der Waals surface area contributed by atoms with Crippen molar-refractivity contribution in [1.29, 1.82) is 0 Å². The van der Waals surface area contributed by atoms with Gasteiger partial charge in [0, 0.05) is 33.0 Å². The lowest BCUT2D eigenvalue weighted by molar-refractivity contribution is -0.100. The number of benzene rings is 6. The molecule has 0 radical (unpaired) electrons. The Morgan fingerprint density at radius 2 is 0.389 bits per heavy atom. The molecule has 380 valence electrons. The number of hydrogen-bond donors (Lipinski definition) is 2. The standard InChI is InChI=1S/C42H4F28O2/c43-13-3-1(5-15(45)27(57)37(67)28(58)16(5)46)7-8(2(4(3)14(44)26(56)25(13)55)6-17(47)29(59)38(68)30(60)18(6)48)42(72,12-23(53)35(65)40(70)36(66)24(12)54)10-9(19(49)31(61)32(62)20(10)50)41(7,71)11-21(51)33(63)39(69)34(64)22(11)52/h9-10,71-72H. The number of rotatable bonds is 4. The van der Waals surface area contributed by atoms with E-state index in [4.69, 9.17) is 0 Å². The molecule has 6 aromatic rings. The number of fused-ring (bicyclic) bond motifs is 3. The summed E-state index contributed by atoms with van der Waals surface area (Å²) in [6.07, 6.45) is 0. The molecule has 6 aromatic carbocycles. The van der Waals surface area contributed by atoms with Crippen molar-refractivity contribution in [3.8, 4) is 22.3 Å². The Morgan fingerprint density at radius 3 is 0.611 bits per heavy atom. The Morgan fingerprint density at radius 1 is 0.208 bits per heavy atom. The fourth-order valence-electron chi connectivity index (χ4n) is 8.89. The summed E-state index contributed by atoms with van der Waals surface area (Å²) in [5.74, 6) is -114. The van der Waals surface area contributed by atoms with E-state index in [-0.39, 0.29) is 0 Å². The number of aliphatic hydroxyl groups is 2. The second kappa shape index (κ2) is 16.3. The second-order valence-corrected chi connectivity index (χ2v) is 15.1. The summed E-state index contributed by atoms with van der Waals surface area (Å²) in [6.45, 7) is 0. The van der Waals surface area contributed by atoms with Gasteiger partial charge in [-0.3, -0.25) is 0 Å². The van der Waals surface area contributed by atoms with E-state index in [0.29, 0.717) is 0 Å². The molecule has 2 aliphatic carbocycles. The SMILES string of the molecule is OC1(c2c(F)c(F)c(F)c(F)c2F)c2c(c(-c3c(F)c(F)c(F)c(F)c3F)c3c(F)c(F)c(F)c(F)c3c2-c2c(F)c(F)c(F)c(F)c2F)C(O)(c2c(F)c(F)c(F)c(F)c2F)C2C(F)=C(F)C(F)=C(F)C21. The molecule has 0 aliphatic heterocycles. The third-order valence-corrected chi connectivity index (χ3v) is 11.8. The maximum absolute atomic E-state index is 16.9. The van der Waals surface area contributed by atoms with Crippen LogP contribution in [0.25, 0.3) is 33.0 Å². The van der Waals surface area contributed by atoms with Crippen molar-refractivity contribution >= 4 is 10.8 Å². The quantitative estimate of drug-likeness (QED) is 0.105. The van der Waals surface area contributed by atoms with E-state index < -0.39 is 241 Å². The van der Waals surface area contributed by atoms with Crippen molar-refractivity contribution in [2.45, 2.75) is 11.2 Å². The van der Waals surface area contributed by atoms with Gasteiger partial charge in [0.1, 0.15) is 22.9 Å². The van der Waals surface area contributed by atoms with Gasteiger partial charge in [-0.05, 0) is 0 Å². The van der Waals surface area contributed by atoms with E-state index in [9.17, 15) is 27.8 Å². The highest BCUT2D eigenvalue weighted by Gasteiger charge is 2.70. The predicted molar refractivity (Wildman–Crippen MR) is 178 cm³/mol. The first-order chi connectivity index (χ1) is 33.2. The smallest absolute Gasteiger partial charge is 0.200 e. The number of halogens is 28. The Kier molecular flexibility index (Phi) is 11.6. The largest absolute Gasteiger partial charge is 0.379 e. The molecule has 0 bridgehead atoms. The van der Waals surface area contributed by atoms with Gasteiger partial charge in [-0.15, -0.1) is 0 Å². The maximum atomic E-state index is 16.9. The highest BCUT2D eigenvalue weighted by molar-refractivity contribution is 6.10. The molecule has 30 heteroatoms. The molecule has 0 aromatic heterocycles. The van der Waals surface area contributed by atoms with Crippen LogP contribution in [-0.4, -0.2) is 10.2 Å². The average Bonchev–Trinajstić information content (AvgIpc) is 3.34. The molecule has 0 saturated heterocycles. The molecule has 0 heterocycles. The van der Waals surface area contributed by atoms with Gasteiger partial charge in [-0.1, -0.05) is 0 Å². The lowest BCUT2D eigenvalue weighted by atomic mass is 9.51. The molecular formula is C42H4F28O2. The summed E-state index contributed by atoms with van der Waals surface area (Å²) in [4.78, 5) is 0. The van der Waals surface area contributed by atoms with Gasteiger partial charge >= 0.3 is 0 Å². The summed E-state index contributed by atoms with van der Waals surface area (Å²) in [5.41, 5.74) is -41.5. The van der Waals surface area contributed by atoms with Crippen LogP contribution in [0.15, 0.2) is 23.3 Å². The number of allylic oxidation sites excluding steroid dienone is 2. The topological polar surface area (TPSA) is 40.5 Å². The molecule has 8 rings (SSSR count). The van der Waals surface area contributed by atoms with Crippen LogP contribution in [-0.2, 0) is 11.2 Å². The lowest BCUT2D eigenvalue weighted by Crippen LogP contribution is -2.58. The summed E-state index contributed by atoms with van der Waals surface area (Å²) in [6, 6.07) is 0. The third-order valence-electron chi connectivity index (χ3n) is 11.8. The van der Waals surface area contributed by atoms with E-state index in [1.165, 1.54) is 0 Å². The minimum Gasteiger partial charge on any atom is -0.379 e. The van der Waals surface area contributed by atoms with Crippen LogP contribution in [0.2, 0.25) is 0 Å². The van der Waals surface area contributed by atoms with E-state index in [1.54, 1.807) is 0 Å². The van der Waals surface area contributed by atoms with Crippen LogP contribution in [0.3, 0.4) is 0 Å². The molecule has 0 saturated carbocycles. The third kappa shape index (κ3) is 6.00. The monoisotopic (exact) mass is 1070 g/mol. The van der Waals surface area contributed by atoms with Gasteiger partial charge in [0.25, 0.3) is 0 Å². The zero-order chi connectivity index (χ0) is 54.1. The fourth-order valence-corrected chi connectivity index (χ4v) is 8.89. The molecule has 2 N–H and O–H groups in total. The van der Waals surface area contributed by atoms with Crippen molar-refractivity contribution in [2.75, 3.05) is 0 Å². The maximum Gasteiger partial charge on any atom is 0.200 e. The normalized spacial score (nSPS) is 20.1. The zero-order valence-corrected chi connectivity index (χ0v) is 32.6. The molecule has 0 fully saturated rings. The first-order valence-electron chi connectivity index (χ1n) is 18.2. The first-order valence-corrected chi connectivity index (χ1v) is 18.2. The van der Waals surface area contributed by atoms with Gasteiger partial charge < -0.3 is 10.2 Å². The van der Waals surface area contributed by atoms with Crippen molar-refractivity contribution in [3.63, 3.8) is 0 Å². The Balaban J connectivity index is 1.98. The first kappa shape index (κ1) is 51.4. The minimum absolute atomic E-state index is 3.37. The highest BCUT2D eigenvalue weighted by Crippen LogP contribution is 2.69. The zero-order valence-electron chi connectivity index (χ0n) is 32.6. The molecule has 0 amide bonds. The second-order valence-electron chi connectivity index (χ2n) is 15.1. The van der Waals surface area contributed by atoms with E-state index >= 15 is 105 Å². The van der Waals surface area contributed by atoms with Gasteiger partial charge in [0.05, 0.1) is 34.1 Å². The molecule has 2 nitrogen and oxygen atoms in total. The predicted octanol–water partition coefficient (Wildman–Crippen LogP) is 13.5. The van der Waals surface area contributed by atoms with E-state index in [0.717, 1.165) is 0 Å². The molecule has 4 atom stereocenters. The average molecular weight is 1070 g/mol. The minimum atomic E-state index is -6.25. The summed E-state index contributed by atoms with van der Waals surface area (Å²) < 4.78 is 441. The summed E-state index contributed by atoms with van der Waals surface area (Å²) in [5, 5.41) is 18.9. The van der Waals surface area contributed by atoms with Crippen LogP contribution in [0.1, 0.15) is 22.3 Å². The highest BCUT2D eigenvalue weighted by atomic mass is 19.2. The van der Waals surface area contributed by atoms with Gasteiger partial charge in [-0.25, -0.2) is 123 Å². The van der Waals surface area contributed by atoms with Gasteiger partial charge in [-0.2, -0.15) is 0 Å². The van der Waals surface area contributed by atoms with Crippen molar-refractivity contribution in [3.05, 3.63) is 185 Å². The van der Waals surface area contributed by atoms with Gasteiger partial charge in [0.15, 0.2) is 128 Å². The Bertz CT molecular complexity index is 3270. The lowest BCUT2D eigenvalue weighted by Gasteiger charge is -2.54. The molecule has 2 aliphatic rings. The van der Waals surface area contributed by atoms with Crippen molar-refractivity contribution < 1.29 is 133 Å². The Hall–Kier alpha value is -6.98. The molecular weight excluding hydrogens is 1070 g/mol. The van der Waals surface area contributed by atoms with Crippen LogP contribution in [0.5, 0.6) is 0 Å². The Labute approximate surface area is 374 Å². The van der Waals surface area contributed by atoms with Crippen molar-refractivity contribution in [1.82, 2.24) is 0 Å². The molecule has 72 heavy (non-hydrogen) atoms. The fraction of sp³-hybridized carbons (Fsp3) is 0.0952. The van der Waals surface area contributed by atoms with Gasteiger partial charge in [0.2, 0.25) is 23.3 Å². The number of hydrogen-bond acceptors (Lipinski definition) is 2. The van der Waals surface area contributed by atoms with E-state index in [2.05, 4.69) is 0 Å². The van der Waals surface area contributed by atoms with Crippen molar-refractivity contribution in [2.24, 2.45) is 11.8 Å². The van der Waals surface area contributed by atoms with Crippen LogP contribution in [0, 0.1) is 151 Å². The summed E-state index contributed by atoms with van der Waals surface area (Å²) in [7, 11) is 0. The molecule has 4 unspecified atom stereocenters. The van der Waals surface area contributed by atoms with E-state index in [1.807, 2.05) is 0 Å². The van der Waals surface area contributed by atoms with Crippen LogP contribution < -0.4 is 0 Å². The van der Waals surface area contributed by atoms with Crippen LogP contribution in [0.4, 0.5) is 123 Å². The molecule has 0 spiro atoms.